The molecule has 1 rings (SSSR count). The Labute approximate surface area is 75.5 Å². The summed E-state index contributed by atoms with van der Waals surface area (Å²) >= 11 is 0. The fourth-order valence-electron chi connectivity index (χ4n) is 2.20. The third-order valence-electron chi connectivity index (χ3n) is 3.19. The lowest BCUT2D eigenvalue weighted by Crippen LogP contribution is -2.13. The molecule has 70 valence electrons. The Morgan fingerprint density at radius 1 is 1.33 bits per heavy atom. The van der Waals surface area contributed by atoms with Gasteiger partial charge in [-0.05, 0) is 25.7 Å². The number of ketones is 1. The molecule has 0 saturated heterocycles. The lowest BCUT2D eigenvalue weighted by atomic mass is 9.89. The van der Waals surface area contributed by atoms with E-state index in [1.807, 2.05) is 0 Å². The predicted molar refractivity (Wildman–Crippen MR) is 51.0 cm³/mol. The van der Waals surface area contributed by atoms with Gasteiger partial charge in [0.1, 0.15) is 5.78 Å². The highest BCUT2D eigenvalue weighted by Crippen LogP contribution is 2.29. The van der Waals surface area contributed by atoms with E-state index >= 15 is 0 Å². The highest BCUT2D eigenvalue weighted by molar-refractivity contribution is 5.78. The van der Waals surface area contributed by atoms with Crippen LogP contribution in [0, 0.1) is 11.8 Å². The molecular formula is C11H20O. The van der Waals surface area contributed by atoms with Gasteiger partial charge in [-0.3, -0.25) is 4.79 Å². The van der Waals surface area contributed by atoms with Gasteiger partial charge in [0, 0.05) is 5.92 Å². The number of carbonyl (C=O) groups is 1. The largest absolute Gasteiger partial charge is 0.300 e. The summed E-state index contributed by atoms with van der Waals surface area (Å²) in [5.74, 6) is 1.62. The molecule has 1 heteroatoms. The van der Waals surface area contributed by atoms with Gasteiger partial charge in [0.15, 0.2) is 0 Å². The summed E-state index contributed by atoms with van der Waals surface area (Å²) in [5, 5.41) is 0. The predicted octanol–water partition coefficient (Wildman–Crippen LogP) is 3.18. The molecule has 2 atom stereocenters. The monoisotopic (exact) mass is 168 g/mol. The molecule has 0 aromatic carbocycles. The number of hydrogen-bond acceptors (Lipinski definition) is 1. The van der Waals surface area contributed by atoms with Gasteiger partial charge in [0.05, 0.1) is 0 Å². The van der Waals surface area contributed by atoms with Gasteiger partial charge in [-0.25, -0.2) is 0 Å². The molecule has 0 amide bonds. The Morgan fingerprint density at radius 3 is 2.58 bits per heavy atom. The van der Waals surface area contributed by atoms with Crippen molar-refractivity contribution >= 4 is 5.78 Å². The lowest BCUT2D eigenvalue weighted by Gasteiger charge is -2.15. The van der Waals surface area contributed by atoms with E-state index in [9.17, 15) is 4.79 Å². The Kier molecular flexibility index (Phi) is 3.77. The van der Waals surface area contributed by atoms with E-state index in [2.05, 4.69) is 6.92 Å². The second kappa shape index (κ2) is 4.64. The summed E-state index contributed by atoms with van der Waals surface area (Å²) in [6.45, 7) is 4.00. The molecule has 0 heterocycles. The second-order valence-corrected chi connectivity index (χ2v) is 4.10. The zero-order chi connectivity index (χ0) is 8.97. The molecular weight excluding hydrogens is 148 g/mol. The molecule has 0 bridgehead atoms. The number of Topliss-reactive ketones (excluding diaryl/α,β-unsaturated/α-hetero) is 1. The number of carbonyl (C=O) groups excluding carboxylic acids is 1. The summed E-state index contributed by atoms with van der Waals surface area (Å²) < 4.78 is 0. The smallest absolute Gasteiger partial charge is 0.132 e. The maximum atomic E-state index is 11.2. The molecule has 1 fully saturated rings. The van der Waals surface area contributed by atoms with Crippen LogP contribution in [0.5, 0.6) is 0 Å². The van der Waals surface area contributed by atoms with Crippen molar-refractivity contribution < 1.29 is 4.79 Å². The Hall–Kier alpha value is -0.330. The lowest BCUT2D eigenvalue weighted by molar-refractivity contribution is -0.121. The number of hydrogen-bond donors (Lipinski definition) is 0. The zero-order valence-corrected chi connectivity index (χ0v) is 8.31. The summed E-state index contributed by atoms with van der Waals surface area (Å²) in [5.41, 5.74) is 0. The quantitative estimate of drug-likeness (QED) is 0.579. The molecule has 2 unspecified atom stereocenters. The fourth-order valence-corrected chi connectivity index (χ4v) is 2.20. The normalized spacial score (nSPS) is 31.2. The van der Waals surface area contributed by atoms with Crippen LogP contribution in [0.15, 0.2) is 0 Å². The molecule has 0 aromatic rings. The average molecular weight is 168 g/mol. The van der Waals surface area contributed by atoms with Gasteiger partial charge in [-0.2, -0.15) is 0 Å². The fraction of sp³-hybridized carbons (Fsp3) is 0.909. The Bertz CT molecular complexity index is 151. The van der Waals surface area contributed by atoms with Crippen molar-refractivity contribution in [2.45, 2.75) is 52.4 Å². The van der Waals surface area contributed by atoms with Crippen molar-refractivity contribution in [1.82, 2.24) is 0 Å². The van der Waals surface area contributed by atoms with Crippen LogP contribution in [0.3, 0.4) is 0 Å². The first kappa shape index (κ1) is 9.76. The topological polar surface area (TPSA) is 17.1 Å². The van der Waals surface area contributed by atoms with Crippen LogP contribution in [0.25, 0.3) is 0 Å². The summed E-state index contributed by atoms with van der Waals surface area (Å²) in [6.07, 6.45) is 7.50. The van der Waals surface area contributed by atoms with Gasteiger partial charge in [0.2, 0.25) is 0 Å². The standard InChI is InChI=1S/C11H20O/c1-3-10-6-4-5-7-11(8-10)9(2)12/h10-11H,3-8H2,1-2H3. The van der Waals surface area contributed by atoms with Crippen LogP contribution >= 0.6 is 0 Å². The molecule has 1 nitrogen and oxygen atoms in total. The molecule has 1 saturated carbocycles. The average Bonchev–Trinajstić information content (AvgIpc) is 2.28. The highest BCUT2D eigenvalue weighted by atomic mass is 16.1. The molecule has 1 aliphatic rings. The van der Waals surface area contributed by atoms with Gasteiger partial charge in [0.25, 0.3) is 0 Å². The third-order valence-corrected chi connectivity index (χ3v) is 3.19. The van der Waals surface area contributed by atoms with Crippen molar-refractivity contribution in [3.8, 4) is 0 Å². The second-order valence-electron chi connectivity index (χ2n) is 4.10. The van der Waals surface area contributed by atoms with Gasteiger partial charge >= 0.3 is 0 Å². The summed E-state index contributed by atoms with van der Waals surface area (Å²) in [4.78, 5) is 11.2. The molecule has 0 N–H and O–H groups in total. The zero-order valence-electron chi connectivity index (χ0n) is 8.31. The first-order valence-electron chi connectivity index (χ1n) is 5.24. The molecule has 12 heavy (non-hydrogen) atoms. The summed E-state index contributed by atoms with van der Waals surface area (Å²) in [6, 6.07) is 0. The van der Waals surface area contributed by atoms with Crippen LogP contribution in [0.4, 0.5) is 0 Å². The minimum Gasteiger partial charge on any atom is -0.300 e. The van der Waals surface area contributed by atoms with Crippen molar-refractivity contribution in [3.63, 3.8) is 0 Å². The van der Waals surface area contributed by atoms with Crippen LogP contribution < -0.4 is 0 Å². The minimum absolute atomic E-state index is 0.387. The van der Waals surface area contributed by atoms with Crippen LogP contribution in [0.1, 0.15) is 52.4 Å². The molecule has 0 spiro atoms. The molecule has 1 aliphatic carbocycles. The molecule has 0 radical (unpaired) electrons. The summed E-state index contributed by atoms with van der Waals surface area (Å²) in [7, 11) is 0. The first-order chi connectivity index (χ1) is 5.74. The van der Waals surface area contributed by atoms with E-state index in [1.165, 1.54) is 25.7 Å². The first-order valence-corrected chi connectivity index (χ1v) is 5.24. The SMILES string of the molecule is CCC1CCCCC(C(C)=O)C1. The van der Waals surface area contributed by atoms with E-state index in [0.717, 1.165) is 18.8 Å². The van der Waals surface area contributed by atoms with Crippen molar-refractivity contribution in [1.29, 1.82) is 0 Å². The van der Waals surface area contributed by atoms with Crippen LogP contribution in [0.2, 0.25) is 0 Å². The number of rotatable bonds is 2. The highest BCUT2D eigenvalue weighted by Gasteiger charge is 2.21. The van der Waals surface area contributed by atoms with Gasteiger partial charge in [-0.1, -0.05) is 32.6 Å². The van der Waals surface area contributed by atoms with E-state index < -0.39 is 0 Å². The van der Waals surface area contributed by atoms with Crippen molar-refractivity contribution in [3.05, 3.63) is 0 Å². The van der Waals surface area contributed by atoms with E-state index in [1.54, 1.807) is 6.92 Å². The minimum atomic E-state index is 0.387. The van der Waals surface area contributed by atoms with Crippen molar-refractivity contribution in [2.24, 2.45) is 11.8 Å². The van der Waals surface area contributed by atoms with E-state index in [0.29, 0.717) is 11.7 Å². The van der Waals surface area contributed by atoms with Crippen molar-refractivity contribution in [2.75, 3.05) is 0 Å². The van der Waals surface area contributed by atoms with E-state index in [4.69, 9.17) is 0 Å². The van der Waals surface area contributed by atoms with Gasteiger partial charge in [-0.15, -0.1) is 0 Å². The van der Waals surface area contributed by atoms with Gasteiger partial charge < -0.3 is 0 Å². The maximum Gasteiger partial charge on any atom is 0.132 e. The Morgan fingerprint density at radius 2 is 2.00 bits per heavy atom. The van der Waals surface area contributed by atoms with Crippen LogP contribution in [-0.4, -0.2) is 5.78 Å². The third kappa shape index (κ3) is 2.62. The van der Waals surface area contributed by atoms with E-state index in [-0.39, 0.29) is 0 Å². The molecule has 0 aromatic heterocycles. The molecule has 0 aliphatic heterocycles. The van der Waals surface area contributed by atoms with Crippen LogP contribution in [-0.2, 0) is 4.79 Å². The maximum absolute atomic E-state index is 11.2. The Balaban J connectivity index is 2.47.